The Kier molecular flexibility index (Phi) is 4.71. The molecule has 0 aliphatic carbocycles. The number of benzene rings is 1. The lowest BCUT2D eigenvalue weighted by Gasteiger charge is -2.16. The number of likely N-dealkylation sites (N-methyl/N-ethyl adjacent to an activating group) is 1. The van der Waals surface area contributed by atoms with Gasteiger partial charge in [0.05, 0.1) is 0 Å². The first-order chi connectivity index (χ1) is 13.8. The molecule has 0 spiro atoms. The van der Waals surface area contributed by atoms with Crippen molar-refractivity contribution in [1.82, 2.24) is 15.0 Å². The van der Waals surface area contributed by atoms with E-state index < -0.39 is 17.4 Å². The van der Waals surface area contributed by atoms with Crippen LogP contribution in [0.5, 0.6) is 0 Å². The highest BCUT2D eigenvalue weighted by atomic mass is 32.1. The molecule has 0 bridgehead atoms. The van der Waals surface area contributed by atoms with E-state index in [2.05, 4.69) is 10.1 Å². The minimum Gasteiger partial charge on any atom is -0.373 e. The summed E-state index contributed by atoms with van der Waals surface area (Å²) in [5, 5.41) is 15.5. The zero-order chi connectivity index (χ0) is 20.8. The van der Waals surface area contributed by atoms with E-state index in [9.17, 15) is 14.7 Å². The molecule has 3 heterocycles. The highest BCUT2D eigenvalue weighted by Gasteiger charge is 2.48. The molecule has 0 saturated carbocycles. The monoisotopic (exact) mass is 412 g/mol. The van der Waals surface area contributed by atoms with E-state index in [1.807, 2.05) is 31.2 Å². The number of nitrogens with zero attached hydrogens (tertiary/aromatic N) is 3. The average molecular weight is 412 g/mol. The third kappa shape index (κ3) is 3.22. The standard InChI is InChI=1S/C20H20N4O4S/c1-3-14-16(17(21)25)22-18(29-14)12-6-4-5-11(9-12)13-10-15(28-23-13)20(27)7-8-24(2)19(20)26/h4-6,9-10,27H,3,7-8H2,1-2H3,(H2,21,25). The van der Waals surface area contributed by atoms with Gasteiger partial charge in [-0.3, -0.25) is 9.59 Å². The maximum absolute atomic E-state index is 12.3. The van der Waals surface area contributed by atoms with Crippen LogP contribution in [0.15, 0.2) is 34.9 Å². The van der Waals surface area contributed by atoms with Crippen LogP contribution in [0.4, 0.5) is 0 Å². The van der Waals surface area contributed by atoms with Crippen LogP contribution in [0.3, 0.4) is 0 Å². The molecule has 4 rings (SSSR count). The molecule has 1 fully saturated rings. The molecule has 1 aliphatic heterocycles. The molecule has 1 aliphatic rings. The highest BCUT2D eigenvalue weighted by molar-refractivity contribution is 7.15. The SMILES string of the molecule is CCc1sc(-c2cccc(-c3cc(C4(O)CCN(C)C4=O)on3)c2)nc1C(N)=O. The molecule has 1 saturated heterocycles. The van der Waals surface area contributed by atoms with Crippen LogP contribution in [0.1, 0.15) is 34.5 Å². The fraction of sp³-hybridized carbons (Fsp3) is 0.300. The van der Waals surface area contributed by atoms with Gasteiger partial charge in [-0.25, -0.2) is 4.98 Å². The first kappa shape index (κ1) is 19.3. The summed E-state index contributed by atoms with van der Waals surface area (Å²) in [6, 6.07) is 9.04. The fourth-order valence-corrected chi connectivity index (χ4v) is 4.41. The predicted molar refractivity (Wildman–Crippen MR) is 107 cm³/mol. The predicted octanol–water partition coefficient (Wildman–Crippen LogP) is 2.18. The van der Waals surface area contributed by atoms with Gasteiger partial charge in [-0.1, -0.05) is 30.3 Å². The quantitative estimate of drug-likeness (QED) is 0.662. The number of carbonyl (C=O) groups excluding carboxylic acids is 2. The second-order valence-corrected chi connectivity index (χ2v) is 8.09. The number of hydrogen-bond donors (Lipinski definition) is 2. The Morgan fingerprint density at radius 1 is 1.38 bits per heavy atom. The van der Waals surface area contributed by atoms with E-state index in [0.717, 1.165) is 16.0 Å². The molecule has 150 valence electrons. The second-order valence-electron chi connectivity index (χ2n) is 7.00. The summed E-state index contributed by atoms with van der Waals surface area (Å²) in [5.41, 5.74) is 6.10. The van der Waals surface area contributed by atoms with Crippen LogP contribution in [0.25, 0.3) is 21.8 Å². The smallest absolute Gasteiger partial charge is 0.268 e. The maximum atomic E-state index is 12.3. The Hall–Kier alpha value is -3.04. The molecule has 1 atom stereocenters. The van der Waals surface area contributed by atoms with E-state index in [0.29, 0.717) is 29.4 Å². The van der Waals surface area contributed by atoms with Gasteiger partial charge in [0.15, 0.2) is 5.76 Å². The Morgan fingerprint density at radius 2 is 2.14 bits per heavy atom. The lowest BCUT2D eigenvalue weighted by Crippen LogP contribution is -2.35. The van der Waals surface area contributed by atoms with Crippen molar-refractivity contribution in [3.63, 3.8) is 0 Å². The van der Waals surface area contributed by atoms with Crippen LogP contribution in [0.2, 0.25) is 0 Å². The molecule has 2 aromatic heterocycles. The number of hydrogen-bond acceptors (Lipinski definition) is 7. The number of primary amides is 1. The van der Waals surface area contributed by atoms with Gasteiger partial charge in [-0.05, 0) is 12.5 Å². The number of aryl methyl sites for hydroxylation is 1. The Labute approximate surface area is 171 Å². The first-order valence-corrected chi connectivity index (χ1v) is 10.0. The van der Waals surface area contributed by atoms with Crippen molar-refractivity contribution in [2.75, 3.05) is 13.6 Å². The highest BCUT2D eigenvalue weighted by Crippen LogP contribution is 2.36. The van der Waals surface area contributed by atoms with Crippen molar-refractivity contribution in [3.05, 3.63) is 46.7 Å². The van der Waals surface area contributed by atoms with E-state index >= 15 is 0 Å². The Morgan fingerprint density at radius 3 is 2.76 bits per heavy atom. The number of likely N-dealkylation sites (tertiary alicyclic amines) is 1. The Balaban J connectivity index is 1.68. The third-order valence-electron chi connectivity index (χ3n) is 5.08. The molecular formula is C20H20N4O4S. The fourth-order valence-electron chi connectivity index (χ4n) is 3.41. The van der Waals surface area contributed by atoms with Crippen LogP contribution < -0.4 is 5.73 Å². The van der Waals surface area contributed by atoms with E-state index in [-0.39, 0.29) is 12.2 Å². The van der Waals surface area contributed by atoms with Crippen molar-refractivity contribution >= 4 is 23.2 Å². The van der Waals surface area contributed by atoms with Crippen molar-refractivity contribution in [3.8, 4) is 21.8 Å². The van der Waals surface area contributed by atoms with Crippen LogP contribution in [0, 0.1) is 0 Å². The summed E-state index contributed by atoms with van der Waals surface area (Å²) < 4.78 is 5.32. The van der Waals surface area contributed by atoms with E-state index in [1.54, 1.807) is 13.1 Å². The van der Waals surface area contributed by atoms with Crippen molar-refractivity contribution in [2.24, 2.45) is 5.73 Å². The molecule has 0 radical (unpaired) electrons. The minimum absolute atomic E-state index is 0.130. The summed E-state index contributed by atoms with van der Waals surface area (Å²) in [6.45, 7) is 2.40. The van der Waals surface area contributed by atoms with Crippen LogP contribution >= 0.6 is 11.3 Å². The molecular weight excluding hydrogens is 392 g/mol. The number of aliphatic hydroxyl groups is 1. The number of rotatable bonds is 5. The van der Waals surface area contributed by atoms with Gasteiger partial charge in [0.1, 0.15) is 16.4 Å². The first-order valence-electron chi connectivity index (χ1n) is 9.19. The normalized spacial score (nSPS) is 19.1. The number of carbonyl (C=O) groups is 2. The van der Waals surface area contributed by atoms with Crippen molar-refractivity contribution < 1.29 is 19.2 Å². The van der Waals surface area contributed by atoms with Crippen molar-refractivity contribution in [1.29, 1.82) is 0 Å². The van der Waals surface area contributed by atoms with Gasteiger partial charge < -0.3 is 20.3 Å². The van der Waals surface area contributed by atoms with Crippen LogP contribution in [-0.2, 0) is 16.8 Å². The minimum atomic E-state index is -1.68. The van der Waals surface area contributed by atoms with Crippen LogP contribution in [-0.4, -0.2) is 45.6 Å². The largest absolute Gasteiger partial charge is 0.373 e. The molecule has 9 heteroatoms. The number of thiazole rings is 1. The lowest BCUT2D eigenvalue weighted by molar-refractivity contribution is -0.144. The Bertz CT molecular complexity index is 1110. The topological polar surface area (TPSA) is 123 Å². The maximum Gasteiger partial charge on any atom is 0.268 e. The summed E-state index contributed by atoms with van der Waals surface area (Å²) in [4.78, 5) is 30.6. The zero-order valence-corrected chi connectivity index (χ0v) is 16.8. The number of nitrogens with two attached hydrogens (primary N) is 1. The van der Waals surface area contributed by atoms with Gasteiger partial charge >= 0.3 is 0 Å². The zero-order valence-electron chi connectivity index (χ0n) is 16.0. The summed E-state index contributed by atoms with van der Waals surface area (Å²) >= 11 is 1.42. The lowest BCUT2D eigenvalue weighted by atomic mass is 9.98. The van der Waals surface area contributed by atoms with Gasteiger partial charge in [0.2, 0.25) is 5.60 Å². The third-order valence-corrected chi connectivity index (χ3v) is 6.33. The average Bonchev–Trinajstić information content (AvgIpc) is 3.43. The van der Waals surface area contributed by atoms with Crippen molar-refractivity contribution in [2.45, 2.75) is 25.4 Å². The molecule has 8 nitrogen and oxygen atoms in total. The van der Waals surface area contributed by atoms with E-state index in [4.69, 9.17) is 10.3 Å². The van der Waals surface area contributed by atoms with Gasteiger partial charge in [0.25, 0.3) is 11.8 Å². The summed E-state index contributed by atoms with van der Waals surface area (Å²) in [5.74, 6) is -0.810. The van der Waals surface area contributed by atoms with E-state index in [1.165, 1.54) is 16.2 Å². The summed E-state index contributed by atoms with van der Waals surface area (Å²) in [6.07, 6.45) is 0.926. The molecule has 29 heavy (non-hydrogen) atoms. The second kappa shape index (κ2) is 7.09. The molecule has 3 N–H and O–H groups in total. The number of amides is 2. The molecule has 3 aromatic rings. The number of aromatic nitrogens is 2. The van der Waals surface area contributed by atoms with Gasteiger partial charge in [-0.2, -0.15) is 0 Å². The molecule has 1 aromatic carbocycles. The molecule has 1 unspecified atom stereocenters. The molecule has 2 amide bonds. The summed E-state index contributed by atoms with van der Waals surface area (Å²) in [7, 11) is 1.64. The van der Waals surface area contributed by atoms with Gasteiger partial charge in [-0.15, -0.1) is 11.3 Å². The van der Waals surface area contributed by atoms with Gasteiger partial charge in [0, 0.05) is 42.1 Å².